The summed E-state index contributed by atoms with van der Waals surface area (Å²) in [5, 5.41) is 14.4. The molecule has 2 N–H and O–H groups in total. The molecule has 4 nitrogen and oxygen atoms in total. The van der Waals surface area contributed by atoms with Gasteiger partial charge >= 0.3 is 5.97 Å². The number of esters is 1. The van der Waals surface area contributed by atoms with Crippen LogP contribution >= 0.6 is 0 Å². The Hall–Kier alpha value is -0.610. The molecule has 142 valence electrons. The van der Waals surface area contributed by atoms with Gasteiger partial charge in [0, 0.05) is 6.04 Å². The van der Waals surface area contributed by atoms with Crippen LogP contribution < -0.4 is 5.32 Å². The Labute approximate surface area is 148 Å². The zero-order valence-electron chi connectivity index (χ0n) is 16.6. The first kappa shape index (κ1) is 21.4. The van der Waals surface area contributed by atoms with Crippen molar-refractivity contribution in [2.45, 2.75) is 97.8 Å². The quantitative estimate of drug-likeness (QED) is 0.710. The van der Waals surface area contributed by atoms with Crippen molar-refractivity contribution in [3.63, 3.8) is 0 Å². The molecular formula is C20H39NO3. The molecule has 0 aromatic heterocycles. The van der Waals surface area contributed by atoms with Crippen molar-refractivity contribution in [3.05, 3.63) is 0 Å². The highest BCUT2D eigenvalue weighted by Gasteiger charge is 2.36. The average Bonchev–Trinajstić information content (AvgIpc) is 2.47. The second-order valence-corrected chi connectivity index (χ2v) is 8.48. The van der Waals surface area contributed by atoms with E-state index in [0.717, 1.165) is 25.8 Å². The number of ether oxygens (including phenoxy) is 1. The first-order valence-corrected chi connectivity index (χ1v) is 9.81. The second-order valence-electron chi connectivity index (χ2n) is 8.48. The van der Waals surface area contributed by atoms with Gasteiger partial charge in [-0.1, -0.05) is 27.7 Å². The molecule has 4 heteroatoms. The number of carbonyl (C=O) groups excluding carboxylic acids is 1. The van der Waals surface area contributed by atoms with Gasteiger partial charge in [-0.25, -0.2) is 0 Å². The Bertz CT molecular complexity index is 383. The summed E-state index contributed by atoms with van der Waals surface area (Å²) in [6.45, 7) is 13.3. The predicted molar refractivity (Wildman–Crippen MR) is 98.8 cm³/mol. The molecule has 0 radical (unpaired) electrons. The largest absolute Gasteiger partial charge is 0.459 e. The fraction of sp³-hybridized carbons (Fsp3) is 0.950. The summed E-state index contributed by atoms with van der Waals surface area (Å²) in [5.74, 6) is 0.909. The van der Waals surface area contributed by atoms with Crippen LogP contribution in [0.25, 0.3) is 0 Å². The van der Waals surface area contributed by atoms with E-state index >= 15 is 0 Å². The van der Waals surface area contributed by atoms with E-state index in [0.29, 0.717) is 24.7 Å². The van der Waals surface area contributed by atoms with Crippen LogP contribution in [0, 0.1) is 17.8 Å². The van der Waals surface area contributed by atoms with Crippen molar-refractivity contribution in [2.75, 3.05) is 6.54 Å². The highest BCUT2D eigenvalue weighted by molar-refractivity contribution is 5.72. The molecule has 6 atom stereocenters. The van der Waals surface area contributed by atoms with Gasteiger partial charge in [-0.3, -0.25) is 4.79 Å². The van der Waals surface area contributed by atoms with Crippen molar-refractivity contribution < 1.29 is 14.6 Å². The number of hydrogen-bond donors (Lipinski definition) is 2. The molecule has 24 heavy (non-hydrogen) atoms. The Morgan fingerprint density at radius 1 is 1.21 bits per heavy atom. The zero-order valence-corrected chi connectivity index (χ0v) is 16.6. The van der Waals surface area contributed by atoms with Crippen molar-refractivity contribution in [1.82, 2.24) is 5.32 Å². The first-order valence-electron chi connectivity index (χ1n) is 9.81. The number of aliphatic hydroxyl groups is 1. The van der Waals surface area contributed by atoms with Gasteiger partial charge < -0.3 is 15.2 Å². The van der Waals surface area contributed by atoms with Gasteiger partial charge in [-0.2, -0.15) is 0 Å². The van der Waals surface area contributed by atoms with Gasteiger partial charge in [0.15, 0.2) is 0 Å². The lowest BCUT2D eigenvalue weighted by Crippen LogP contribution is -2.47. The number of hydrogen-bond acceptors (Lipinski definition) is 4. The summed E-state index contributed by atoms with van der Waals surface area (Å²) < 4.78 is 5.71. The highest BCUT2D eigenvalue weighted by atomic mass is 16.6. The summed E-state index contributed by atoms with van der Waals surface area (Å²) in [6.07, 6.45) is 5.14. The Morgan fingerprint density at radius 3 is 2.50 bits per heavy atom. The van der Waals surface area contributed by atoms with E-state index < -0.39 is 11.7 Å². The minimum atomic E-state index is -1.00. The smallest absolute Gasteiger partial charge is 0.309 e. The zero-order chi connectivity index (χ0) is 18.3. The lowest BCUT2D eigenvalue weighted by Gasteiger charge is -2.34. The Balaban J connectivity index is 2.85. The van der Waals surface area contributed by atoms with Crippen LogP contribution in [0.5, 0.6) is 0 Å². The summed E-state index contributed by atoms with van der Waals surface area (Å²) in [7, 11) is 0. The maximum absolute atomic E-state index is 12.5. The highest BCUT2D eigenvalue weighted by Crippen LogP contribution is 2.27. The molecule has 1 aliphatic heterocycles. The van der Waals surface area contributed by atoms with Gasteiger partial charge in [0.1, 0.15) is 11.7 Å². The maximum atomic E-state index is 12.5. The molecular weight excluding hydrogens is 302 g/mol. The molecule has 1 heterocycles. The van der Waals surface area contributed by atoms with Crippen LogP contribution in [0.2, 0.25) is 0 Å². The fourth-order valence-corrected chi connectivity index (χ4v) is 4.13. The summed E-state index contributed by atoms with van der Waals surface area (Å²) in [4.78, 5) is 12.5. The normalized spacial score (nSPS) is 41.1. The minimum Gasteiger partial charge on any atom is -0.459 e. The summed E-state index contributed by atoms with van der Waals surface area (Å²) >= 11 is 0. The van der Waals surface area contributed by atoms with Crippen LogP contribution in [0.1, 0.15) is 80.1 Å². The maximum Gasteiger partial charge on any atom is 0.309 e. The monoisotopic (exact) mass is 341 g/mol. The van der Waals surface area contributed by atoms with Crippen LogP contribution in [-0.4, -0.2) is 35.4 Å². The molecule has 0 bridgehead atoms. The third kappa shape index (κ3) is 7.10. The molecule has 0 aromatic carbocycles. The predicted octanol–water partition coefficient (Wildman–Crippen LogP) is 3.91. The molecule has 0 aromatic rings. The number of nitrogens with one attached hydrogen (secondary N) is 1. The summed E-state index contributed by atoms with van der Waals surface area (Å²) in [5.41, 5.74) is -1.00. The van der Waals surface area contributed by atoms with Crippen molar-refractivity contribution in [2.24, 2.45) is 17.8 Å². The molecule has 4 unspecified atom stereocenters. The molecule has 0 spiro atoms. The Kier molecular flexibility index (Phi) is 8.72. The minimum absolute atomic E-state index is 0.113. The lowest BCUT2D eigenvalue weighted by atomic mass is 9.87. The lowest BCUT2D eigenvalue weighted by molar-refractivity contribution is -0.170. The van der Waals surface area contributed by atoms with E-state index in [9.17, 15) is 9.90 Å². The molecule has 0 aliphatic carbocycles. The van der Waals surface area contributed by atoms with Crippen LogP contribution in [0.3, 0.4) is 0 Å². The topological polar surface area (TPSA) is 58.6 Å². The van der Waals surface area contributed by atoms with Crippen LogP contribution in [-0.2, 0) is 9.53 Å². The van der Waals surface area contributed by atoms with Gasteiger partial charge in [0.25, 0.3) is 0 Å². The van der Waals surface area contributed by atoms with E-state index in [2.05, 4.69) is 26.1 Å². The van der Waals surface area contributed by atoms with Crippen molar-refractivity contribution in [1.29, 1.82) is 0 Å². The van der Waals surface area contributed by atoms with Gasteiger partial charge in [-0.05, 0) is 70.8 Å². The van der Waals surface area contributed by atoms with E-state index in [1.807, 2.05) is 13.8 Å². The molecule has 1 aliphatic rings. The van der Waals surface area contributed by atoms with Crippen molar-refractivity contribution in [3.8, 4) is 0 Å². The second kappa shape index (κ2) is 9.76. The number of cyclic esters (lactones) is 1. The standard InChI is InChI=1S/C20H39NO3/c1-7-18-20(6,23)13-17(5)21-10-8-9-14(2)11-15(3)12-16(4)19(22)24-18/h14-18,21,23H,7-13H2,1-6H3/t14?,15?,16?,17-,18?,20+/m1/s1. The SMILES string of the molecule is CCC1OC(=O)C(C)CC(C)CC(C)CCCN[C@H](C)C[C@]1(C)O. The van der Waals surface area contributed by atoms with Crippen molar-refractivity contribution >= 4 is 5.97 Å². The van der Waals surface area contributed by atoms with E-state index in [1.54, 1.807) is 6.92 Å². The number of rotatable bonds is 1. The van der Waals surface area contributed by atoms with Gasteiger partial charge in [0.05, 0.1) is 5.92 Å². The molecule has 1 rings (SSSR count). The third-order valence-corrected chi connectivity index (χ3v) is 5.37. The Morgan fingerprint density at radius 2 is 1.88 bits per heavy atom. The first-order chi connectivity index (χ1) is 11.2. The van der Waals surface area contributed by atoms with E-state index in [1.165, 1.54) is 6.42 Å². The molecule has 0 saturated carbocycles. The molecule has 1 fully saturated rings. The van der Waals surface area contributed by atoms with Crippen LogP contribution in [0.15, 0.2) is 0 Å². The van der Waals surface area contributed by atoms with E-state index in [-0.39, 0.29) is 17.9 Å². The summed E-state index contributed by atoms with van der Waals surface area (Å²) in [6, 6.07) is 0.199. The molecule has 0 amide bonds. The molecule has 1 saturated heterocycles. The average molecular weight is 342 g/mol. The van der Waals surface area contributed by atoms with E-state index in [4.69, 9.17) is 4.74 Å². The third-order valence-electron chi connectivity index (χ3n) is 5.37. The van der Waals surface area contributed by atoms with Gasteiger partial charge in [0.2, 0.25) is 0 Å². The van der Waals surface area contributed by atoms with Crippen LogP contribution in [0.4, 0.5) is 0 Å². The van der Waals surface area contributed by atoms with Gasteiger partial charge in [-0.15, -0.1) is 0 Å². The fourth-order valence-electron chi connectivity index (χ4n) is 4.13. The number of carbonyl (C=O) groups is 1.